The molecule has 0 bridgehead atoms. The summed E-state index contributed by atoms with van der Waals surface area (Å²) in [5.41, 5.74) is 0. The minimum Gasteiger partial charge on any atom is -0.342 e. The minimum atomic E-state index is -0.314. The quantitative estimate of drug-likeness (QED) is 0.483. The molecular weight excluding hydrogens is 232 g/mol. The van der Waals surface area contributed by atoms with Gasteiger partial charge in [0.25, 0.3) is 0 Å². The monoisotopic (exact) mass is 252 g/mol. The molecule has 3 N–H and O–H groups in total. The third-order valence-corrected chi connectivity index (χ3v) is 2.49. The van der Waals surface area contributed by atoms with E-state index < -0.39 is 0 Å². The summed E-state index contributed by atoms with van der Waals surface area (Å²) in [4.78, 5) is 29.3. The Morgan fingerprint density at radius 1 is 1.28 bits per heavy atom. The molecule has 0 aliphatic heterocycles. The van der Waals surface area contributed by atoms with Crippen molar-refractivity contribution in [1.82, 2.24) is 20.6 Å². The van der Waals surface area contributed by atoms with E-state index in [0.717, 1.165) is 12.8 Å². The number of imidazole rings is 1. The van der Waals surface area contributed by atoms with E-state index in [1.54, 1.807) is 6.20 Å². The van der Waals surface area contributed by atoms with Crippen molar-refractivity contribution in [2.45, 2.75) is 32.6 Å². The molecular formula is C12H20N4O2. The Hall–Kier alpha value is -1.85. The molecule has 18 heavy (non-hydrogen) atoms. The van der Waals surface area contributed by atoms with E-state index in [1.807, 2.05) is 0 Å². The molecule has 1 aromatic heterocycles. The number of unbranched alkanes of at least 4 members (excludes halogenated alkanes) is 3. The van der Waals surface area contributed by atoms with E-state index >= 15 is 0 Å². The molecule has 1 aromatic rings. The SMILES string of the molecule is CCCCCCNC(=O)NCC(=O)c1ncc[nH]1. The van der Waals surface area contributed by atoms with Crippen LogP contribution in [0.2, 0.25) is 0 Å². The maximum absolute atomic E-state index is 11.5. The zero-order chi connectivity index (χ0) is 13.2. The molecule has 0 saturated carbocycles. The standard InChI is InChI=1S/C12H20N4O2/c1-2-3-4-5-6-15-12(18)16-9-10(17)11-13-7-8-14-11/h7-8H,2-6,9H2,1H3,(H,13,14)(H2,15,16,18). The van der Waals surface area contributed by atoms with E-state index in [4.69, 9.17) is 0 Å². The Morgan fingerprint density at radius 3 is 2.78 bits per heavy atom. The lowest BCUT2D eigenvalue weighted by Crippen LogP contribution is -2.39. The maximum atomic E-state index is 11.5. The first-order valence-corrected chi connectivity index (χ1v) is 6.28. The molecule has 0 radical (unpaired) electrons. The first-order valence-electron chi connectivity index (χ1n) is 6.28. The lowest BCUT2D eigenvalue weighted by molar-refractivity contribution is 0.0983. The number of rotatable bonds is 8. The predicted molar refractivity (Wildman–Crippen MR) is 68.5 cm³/mol. The molecule has 0 aromatic carbocycles. The number of urea groups is 1. The van der Waals surface area contributed by atoms with Crippen molar-refractivity contribution >= 4 is 11.8 Å². The summed E-state index contributed by atoms with van der Waals surface area (Å²) >= 11 is 0. The van der Waals surface area contributed by atoms with Gasteiger partial charge in [-0.15, -0.1) is 0 Å². The summed E-state index contributed by atoms with van der Waals surface area (Å²) in [5, 5.41) is 5.21. The number of hydrogen-bond donors (Lipinski definition) is 3. The normalized spacial score (nSPS) is 10.1. The van der Waals surface area contributed by atoms with Crippen LogP contribution in [0.1, 0.15) is 43.2 Å². The molecule has 1 rings (SSSR count). The number of carbonyl (C=O) groups is 2. The molecule has 100 valence electrons. The molecule has 0 unspecified atom stereocenters. The molecule has 0 aliphatic carbocycles. The smallest absolute Gasteiger partial charge is 0.315 e. The van der Waals surface area contributed by atoms with E-state index in [9.17, 15) is 9.59 Å². The van der Waals surface area contributed by atoms with Crippen LogP contribution < -0.4 is 10.6 Å². The zero-order valence-electron chi connectivity index (χ0n) is 10.7. The number of nitrogens with zero attached hydrogens (tertiary/aromatic N) is 1. The lowest BCUT2D eigenvalue weighted by Gasteiger charge is -2.06. The van der Waals surface area contributed by atoms with Crippen LogP contribution in [0.3, 0.4) is 0 Å². The second-order valence-corrected chi connectivity index (χ2v) is 4.03. The molecule has 0 aliphatic rings. The largest absolute Gasteiger partial charge is 0.342 e. The molecule has 2 amide bonds. The average molecular weight is 252 g/mol. The van der Waals surface area contributed by atoms with Gasteiger partial charge in [-0.3, -0.25) is 4.79 Å². The second kappa shape index (κ2) is 8.27. The summed E-state index contributed by atoms with van der Waals surface area (Å²) in [5.74, 6) is 0.0272. The first kappa shape index (κ1) is 14.2. The second-order valence-electron chi connectivity index (χ2n) is 4.03. The van der Waals surface area contributed by atoms with Gasteiger partial charge in [-0.05, 0) is 6.42 Å². The Morgan fingerprint density at radius 2 is 2.11 bits per heavy atom. The van der Waals surface area contributed by atoms with Crippen molar-refractivity contribution < 1.29 is 9.59 Å². The van der Waals surface area contributed by atoms with Crippen molar-refractivity contribution in [3.63, 3.8) is 0 Å². The highest BCUT2D eigenvalue weighted by atomic mass is 16.2. The van der Waals surface area contributed by atoms with Crippen LogP contribution in [-0.2, 0) is 0 Å². The fourth-order valence-electron chi connectivity index (χ4n) is 1.48. The average Bonchev–Trinajstić information content (AvgIpc) is 2.89. The van der Waals surface area contributed by atoms with E-state index in [2.05, 4.69) is 27.5 Å². The van der Waals surface area contributed by atoms with Crippen LogP contribution in [0, 0.1) is 0 Å². The summed E-state index contributed by atoms with van der Waals surface area (Å²) < 4.78 is 0. The van der Waals surface area contributed by atoms with Crippen molar-refractivity contribution in [3.05, 3.63) is 18.2 Å². The molecule has 0 fully saturated rings. The van der Waals surface area contributed by atoms with Crippen molar-refractivity contribution in [2.75, 3.05) is 13.1 Å². The fourth-order valence-corrected chi connectivity index (χ4v) is 1.48. The van der Waals surface area contributed by atoms with Crippen LogP contribution in [0.4, 0.5) is 4.79 Å². The van der Waals surface area contributed by atoms with Crippen molar-refractivity contribution in [2.24, 2.45) is 0 Å². The van der Waals surface area contributed by atoms with Gasteiger partial charge in [-0.1, -0.05) is 26.2 Å². The van der Waals surface area contributed by atoms with Crippen LogP contribution in [0.5, 0.6) is 0 Å². The maximum Gasteiger partial charge on any atom is 0.315 e. The topological polar surface area (TPSA) is 86.9 Å². The van der Waals surface area contributed by atoms with Gasteiger partial charge < -0.3 is 15.6 Å². The van der Waals surface area contributed by atoms with Gasteiger partial charge in [0.15, 0.2) is 5.82 Å². The molecule has 0 spiro atoms. The zero-order valence-corrected chi connectivity index (χ0v) is 10.7. The van der Waals surface area contributed by atoms with Crippen molar-refractivity contribution in [3.8, 4) is 0 Å². The molecule has 0 atom stereocenters. The number of H-pyrrole nitrogens is 1. The third-order valence-electron chi connectivity index (χ3n) is 2.49. The minimum absolute atomic E-state index is 0.0473. The van der Waals surface area contributed by atoms with Gasteiger partial charge >= 0.3 is 6.03 Å². The highest BCUT2D eigenvalue weighted by Gasteiger charge is 2.09. The van der Waals surface area contributed by atoms with Gasteiger partial charge in [-0.2, -0.15) is 0 Å². The van der Waals surface area contributed by atoms with Crippen LogP contribution in [0.15, 0.2) is 12.4 Å². The number of carbonyl (C=O) groups excluding carboxylic acids is 2. The first-order chi connectivity index (χ1) is 8.74. The third kappa shape index (κ3) is 5.47. The molecule has 1 heterocycles. The van der Waals surface area contributed by atoms with Gasteiger partial charge in [0.1, 0.15) is 0 Å². The Labute approximate surface area is 107 Å². The summed E-state index contributed by atoms with van der Waals surface area (Å²) in [6, 6.07) is -0.314. The highest BCUT2D eigenvalue weighted by molar-refractivity contribution is 5.96. The summed E-state index contributed by atoms with van der Waals surface area (Å²) in [6.45, 7) is 2.73. The van der Waals surface area contributed by atoms with Gasteiger partial charge in [0.2, 0.25) is 5.78 Å². The number of nitrogens with one attached hydrogen (secondary N) is 3. The van der Waals surface area contributed by atoms with Gasteiger partial charge in [-0.25, -0.2) is 9.78 Å². The fraction of sp³-hybridized carbons (Fsp3) is 0.583. The number of amides is 2. The van der Waals surface area contributed by atoms with Crippen LogP contribution in [0.25, 0.3) is 0 Å². The highest BCUT2D eigenvalue weighted by Crippen LogP contribution is 1.96. The molecule has 6 nitrogen and oxygen atoms in total. The Bertz CT molecular complexity index is 362. The van der Waals surface area contributed by atoms with Crippen LogP contribution in [-0.4, -0.2) is 34.9 Å². The van der Waals surface area contributed by atoms with Gasteiger partial charge in [0, 0.05) is 18.9 Å². The van der Waals surface area contributed by atoms with E-state index in [-0.39, 0.29) is 24.2 Å². The number of ketones is 1. The number of aromatic amines is 1. The molecule has 0 saturated heterocycles. The van der Waals surface area contributed by atoms with E-state index in [0.29, 0.717) is 6.54 Å². The van der Waals surface area contributed by atoms with Gasteiger partial charge in [0.05, 0.1) is 6.54 Å². The Kier molecular flexibility index (Phi) is 6.53. The number of aromatic nitrogens is 2. The van der Waals surface area contributed by atoms with Crippen LogP contribution >= 0.6 is 0 Å². The predicted octanol–water partition coefficient (Wildman–Crippen LogP) is 1.47. The number of Topliss-reactive ketones (excluding diaryl/α,β-unsaturated/α-hetero) is 1. The summed E-state index contributed by atoms with van der Waals surface area (Å²) in [7, 11) is 0. The number of hydrogen-bond acceptors (Lipinski definition) is 3. The summed E-state index contributed by atoms with van der Waals surface area (Å²) in [6.07, 6.45) is 7.50. The Balaban J connectivity index is 2.08. The molecule has 6 heteroatoms. The lowest BCUT2D eigenvalue weighted by atomic mass is 10.2. The van der Waals surface area contributed by atoms with E-state index in [1.165, 1.54) is 19.0 Å². The van der Waals surface area contributed by atoms with Crippen molar-refractivity contribution in [1.29, 1.82) is 0 Å².